The molecule has 7 aromatic carbocycles. The standard InChI is InChI=1S/C43H27N3/c44-28-29-12-10-15-32(26-29)45-40-22-8-7-19-36(40)39-27-30(24-25-42(39)45)33-16-4-5-17-34(33)37-20-11-21-38-35-18-6-9-23-41(35)46(43(37)38)31-13-2-1-3-14-31/h1-27H. The normalized spacial score (nSPS) is 11.5. The minimum Gasteiger partial charge on any atom is -0.309 e. The maximum Gasteiger partial charge on any atom is 0.0992 e. The van der Waals surface area contributed by atoms with Crippen LogP contribution in [0.4, 0.5) is 0 Å². The fourth-order valence-corrected chi connectivity index (χ4v) is 7.18. The molecule has 0 amide bonds. The van der Waals surface area contributed by atoms with Crippen molar-refractivity contribution in [1.82, 2.24) is 9.13 Å². The van der Waals surface area contributed by atoms with Crippen molar-refractivity contribution in [3.05, 3.63) is 169 Å². The van der Waals surface area contributed by atoms with E-state index in [1.54, 1.807) is 0 Å². The van der Waals surface area contributed by atoms with Crippen molar-refractivity contribution in [2.45, 2.75) is 0 Å². The summed E-state index contributed by atoms with van der Waals surface area (Å²) in [5.41, 5.74) is 12.2. The molecule has 0 aliphatic rings. The number of aromatic nitrogens is 2. The van der Waals surface area contributed by atoms with Crippen LogP contribution in [0.3, 0.4) is 0 Å². The molecular weight excluding hydrogens is 558 g/mol. The molecule has 0 N–H and O–H groups in total. The largest absolute Gasteiger partial charge is 0.309 e. The van der Waals surface area contributed by atoms with Gasteiger partial charge in [0.15, 0.2) is 0 Å². The predicted molar refractivity (Wildman–Crippen MR) is 191 cm³/mol. The summed E-state index contributed by atoms with van der Waals surface area (Å²) in [5.74, 6) is 0. The van der Waals surface area contributed by atoms with Gasteiger partial charge < -0.3 is 9.13 Å². The lowest BCUT2D eigenvalue weighted by atomic mass is 9.92. The zero-order valence-corrected chi connectivity index (χ0v) is 24.9. The molecule has 214 valence electrons. The van der Waals surface area contributed by atoms with Gasteiger partial charge in [0.2, 0.25) is 0 Å². The highest BCUT2D eigenvalue weighted by molar-refractivity contribution is 6.15. The van der Waals surface area contributed by atoms with Gasteiger partial charge in [-0.05, 0) is 71.3 Å². The molecule has 0 saturated heterocycles. The van der Waals surface area contributed by atoms with Gasteiger partial charge in [-0.25, -0.2) is 0 Å². The highest BCUT2D eigenvalue weighted by atomic mass is 15.0. The third-order valence-electron chi connectivity index (χ3n) is 9.14. The highest BCUT2D eigenvalue weighted by Crippen LogP contribution is 2.42. The van der Waals surface area contributed by atoms with Crippen LogP contribution in [-0.4, -0.2) is 9.13 Å². The molecule has 9 aromatic rings. The van der Waals surface area contributed by atoms with Gasteiger partial charge in [0.25, 0.3) is 0 Å². The van der Waals surface area contributed by atoms with Gasteiger partial charge in [0.1, 0.15) is 0 Å². The van der Waals surface area contributed by atoms with Crippen molar-refractivity contribution in [3.63, 3.8) is 0 Å². The van der Waals surface area contributed by atoms with Crippen LogP contribution >= 0.6 is 0 Å². The van der Waals surface area contributed by atoms with Crippen LogP contribution in [0.15, 0.2) is 164 Å². The summed E-state index contributed by atoms with van der Waals surface area (Å²) >= 11 is 0. The lowest BCUT2D eigenvalue weighted by Gasteiger charge is -2.15. The number of nitrogens with zero attached hydrogens (tertiary/aromatic N) is 3. The summed E-state index contributed by atoms with van der Waals surface area (Å²) < 4.78 is 4.67. The van der Waals surface area contributed by atoms with Gasteiger partial charge in [-0.3, -0.25) is 0 Å². The Kier molecular flexibility index (Phi) is 5.88. The fourth-order valence-electron chi connectivity index (χ4n) is 7.18. The summed E-state index contributed by atoms with van der Waals surface area (Å²) in [7, 11) is 0. The molecule has 0 saturated carbocycles. The molecule has 2 aromatic heterocycles. The zero-order chi connectivity index (χ0) is 30.6. The van der Waals surface area contributed by atoms with Crippen LogP contribution in [0.25, 0.3) is 77.2 Å². The lowest BCUT2D eigenvalue weighted by Crippen LogP contribution is -1.96. The maximum absolute atomic E-state index is 9.60. The van der Waals surface area contributed by atoms with Gasteiger partial charge >= 0.3 is 0 Å². The average Bonchev–Trinajstić information content (AvgIpc) is 3.65. The van der Waals surface area contributed by atoms with E-state index >= 15 is 0 Å². The molecular formula is C43H27N3. The summed E-state index contributed by atoms with van der Waals surface area (Å²) in [4.78, 5) is 0. The average molecular weight is 586 g/mol. The molecule has 0 atom stereocenters. The number of para-hydroxylation sites is 4. The Hall–Kier alpha value is -6.37. The fraction of sp³-hybridized carbons (Fsp3) is 0. The number of rotatable bonds is 4. The quantitative estimate of drug-likeness (QED) is 0.202. The van der Waals surface area contributed by atoms with E-state index in [4.69, 9.17) is 0 Å². The maximum atomic E-state index is 9.60. The van der Waals surface area contributed by atoms with Gasteiger partial charge in [-0.2, -0.15) is 5.26 Å². The van der Waals surface area contributed by atoms with Crippen LogP contribution in [-0.2, 0) is 0 Å². The molecule has 0 unspecified atom stereocenters. The Morgan fingerprint density at radius 2 is 0.978 bits per heavy atom. The Morgan fingerprint density at radius 3 is 1.78 bits per heavy atom. The summed E-state index contributed by atoms with van der Waals surface area (Å²) in [6.07, 6.45) is 0. The van der Waals surface area contributed by atoms with Crippen molar-refractivity contribution in [1.29, 1.82) is 5.26 Å². The second-order valence-electron chi connectivity index (χ2n) is 11.7. The minimum atomic E-state index is 0.649. The first kappa shape index (κ1) is 26.1. The second-order valence-corrected chi connectivity index (χ2v) is 11.7. The molecule has 0 aliphatic heterocycles. The number of fused-ring (bicyclic) bond motifs is 6. The van der Waals surface area contributed by atoms with Crippen molar-refractivity contribution in [2.24, 2.45) is 0 Å². The molecule has 3 nitrogen and oxygen atoms in total. The van der Waals surface area contributed by atoms with E-state index in [1.807, 2.05) is 18.2 Å². The molecule has 0 fully saturated rings. The van der Waals surface area contributed by atoms with Gasteiger partial charge in [-0.1, -0.05) is 109 Å². The molecule has 9 rings (SSSR count). The van der Waals surface area contributed by atoms with Crippen molar-refractivity contribution in [3.8, 4) is 39.7 Å². The first-order chi connectivity index (χ1) is 22.8. The number of hydrogen-bond acceptors (Lipinski definition) is 1. The Morgan fingerprint density at radius 1 is 0.391 bits per heavy atom. The van der Waals surface area contributed by atoms with Crippen molar-refractivity contribution < 1.29 is 0 Å². The number of benzene rings is 7. The van der Waals surface area contributed by atoms with E-state index in [0.29, 0.717) is 5.56 Å². The van der Waals surface area contributed by atoms with E-state index in [9.17, 15) is 5.26 Å². The predicted octanol–water partition coefficient (Wildman–Crippen LogP) is 11.1. The first-order valence-electron chi connectivity index (χ1n) is 15.5. The minimum absolute atomic E-state index is 0.649. The molecule has 0 bridgehead atoms. The molecule has 0 radical (unpaired) electrons. The van der Waals surface area contributed by atoms with Crippen LogP contribution in [0, 0.1) is 11.3 Å². The van der Waals surface area contributed by atoms with Crippen LogP contribution < -0.4 is 0 Å². The second kappa shape index (κ2) is 10.4. The topological polar surface area (TPSA) is 33.6 Å². The third-order valence-corrected chi connectivity index (χ3v) is 9.14. The molecule has 0 spiro atoms. The lowest BCUT2D eigenvalue weighted by molar-refractivity contribution is 1.18. The van der Waals surface area contributed by atoms with E-state index in [1.165, 1.54) is 49.3 Å². The molecule has 0 aliphatic carbocycles. The summed E-state index contributed by atoms with van der Waals surface area (Å²) in [6, 6.07) is 60.2. The van der Waals surface area contributed by atoms with Crippen LogP contribution in [0.1, 0.15) is 5.56 Å². The van der Waals surface area contributed by atoms with Crippen LogP contribution in [0.2, 0.25) is 0 Å². The van der Waals surface area contributed by atoms with Gasteiger partial charge in [0, 0.05) is 38.5 Å². The Bertz CT molecular complexity index is 2650. The summed E-state index contributed by atoms with van der Waals surface area (Å²) in [6.45, 7) is 0. The SMILES string of the molecule is N#Cc1cccc(-n2c3ccccc3c3cc(-c4ccccc4-c4cccc5c6ccccc6n(-c6ccccc6)c45)ccc32)c1. The molecule has 2 heterocycles. The van der Waals surface area contributed by atoms with E-state index in [-0.39, 0.29) is 0 Å². The number of nitriles is 1. The van der Waals surface area contributed by atoms with Crippen molar-refractivity contribution in [2.75, 3.05) is 0 Å². The smallest absolute Gasteiger partial charge is 0.0992 e. The van der Waals surface area contributed by atoms with Gasteiger partial charge in [0.05, 0.1) is 33.7 Å². The van der Waals surface area contributed by atoms with Crippen LogP contribution in [0.5, 0.6) is 0 Å². The number of hydrogen-bond donors (Lipinski definition) is 0. The van der Waals surface area contributed by atoms with E-state index in [0.717, 1.165) is 28.0 Å². The third kappa shape index (κ3) is 3.91. The highest BCUT2D eigenvalue weighted by Gasteiger charge is 2.19. The zero-order valence-electron chi connectivity index (χ0n) is 24.9. The molecule has 46 heavy (non-hydrogen) atoms. The van der Waals surface area contributed by atoms with Gasteiger partial charge in [-0.15, -0.1) is 0 Å². The first-order valence-corrected chi connectivity index (χ1v) is 15.5. The Labute approximate surface area is 266 Å². The van der Waals surface area contributed by atoms with E-state index < -0.39 is 0 Å². The van der Waals surface area contributed by atoms with Crippen molar-refractivity contribution >= 4 is 43.6 Å². The monoisotopic (exact) mass is 585 g/mol. The summed E-state index contributed by atoms with van der Waals surface area (Å²) in [5, 5.41) is 14.5. The Balaban J connectivity index is 1.30. The van der Waals surface area contributed by atoms with E-state index in [2.05, 4.69) is 161 Å². The molecule has 3 heteroatoms.